The van der Waals surface area contributed by atoms with Gasteiger partial charge in [-0.15, -0.1) is 0 Å². The van der Waals surface area contributed by atoms with Crippen LogP contribution in [0.1, 0.15) is 32.1 Å². The molecule has 1 aliphatic rings. The van der Waals surface area contributed by atoms with E-state index >= 15 is 0 Å². The maximum atomic E-state index is 11.2. The Labute approximate surface area is 94.6 Å². The molecule has 0 bridgehead atoms. The fraction of sp³-hybridized carbons (Fsp3) is 0.500. The van der Waals surface area contributed by atoms with E-state index in [4.69, 9.17) is 9.84 Å². The van der Waals surface area contributed by atoms with Crippen LogP contribution in [0.25, 0.3) is 0 Å². The molecule has 0 fully saturated rings. The molecule has 4 nitrogen and oxygen atoms in total. The Balaban J connectivity index is 2.12. The number of rotatable bonds is 6. The Bertz CT molecular complexity index is 315. The van der Waals surface area contributed by atoms with Crippen LogP contribution in [0.15, 0.2) is 23.8 Å². The van der Waals surface area contributed by atoms with E-state index in [1.807, 2.05) is 12.2 Å². The summed E-state index contributed by atoms with van der Waals surface area (Å²) in [6.45, 7) is 0.330. The van der Waals surface area contributed by atoms with Gasteiger partial charge in [-0.1, -0.05) is 18.2 Å². The minimum atomic E-state index is -0.882. The fourth-order valence-corrected chi connectivity index (χ4v) is 1.40. The standard InChI is InChI=1S/C12H16O4/c13-11(14)7-4-8-12(15)16-9-10-5-2-1-3-6-10/h1-2,5H,3-4,6-9H2,(H,13,14). The Morgan fingerprint density at radius 2 is 2.19 bits per heavy atom. The molecule has 0 aromatic heterocycles. The topological polar surface area (TPSA) is 63.6 Å². The van der Waals surface area contributed by atoms with Gasteiger partial charge in [0, 0.05) is 12.8 Å². The second kappa shape index (κ2) is 6.82. The molecule has 16 heavy (non-hydrogen) atoms. The highest BCUT2D eigenvalue weighted by Crippen LogP contribution is 2.12. The van der Waals surface area contributed by atoms with Gasteiger partial charge in [0.1, 0.15) is 6.61 Å². The van der Waals surface area contributed by atoms with Crippen molar-refractivity contribution < 1.29 is 19.4 Å². The lowest BCUT2D eigenvalue weighted by Gasteiger charge is -2.09. The van der Waals surface area contributed by atoms with Crippen molar-refractivity contribution in [1.29, 1.82) is 0 Å². The minimum Gasteiger partial charge on any atom is -0.481 e. The molecule has 0 saturated heterocycles. The van der Waals surface area contributed by atoms with Crippen molar-refractivity contribution in [3.63, 3.8) is 0 Å². The van der Waals surface area contributed by atoms with Gasteiger partial charge in [0.15, 0.2) is 0 Å². The van der Waals surface area contributed by atoms with Crippen molar-refractivity contribution in [1.82, 2.24) is 0 Å². The molecule has 0 unspecified atom stereocenters. The summed E-state index contributed by atoms with van der Waals surface area (Å²) < 4.78 is 5.03. The first-order valence-electron chi connectivity index (χ1n) is 5.40. The van der Waals surface area contributed by atoms with E-state index in [-0.39, 0.29) is 18.8 Å². The number of hydrogen-bond acceptors (Lipinski definition) is 3. The summed E-state index contributed by atoms with van der Waals surface area (Å²) in [7, 11) is 0. The number of hydrogen-bond donors (Lipinski definition) is 1. The number of esters is 1. The first-order valence-corrected chi connectivity index (χ1v) is 5.40. The first-order chi connectivity index (χ1) is 7.68. The second-order valence-electron chi connectivity index (χ2n) is 3.70. The molecule has 0 spiro atoms. The summed E-state index contributed by atoms with van der Waals surface area (Å²) in [6.07, 6.45) is 8.42. The fourth-order valence-electron chi connectivity index (χ4n) is 1.40. The molecule has 0 radical (unpaired) electrons. The quantitative estimate of drug-likeness (QED) is 0.701. The number of ether oxygens (including phenoxy) is 1. The molecule has 88 valence electrons. The van der Waals surface area contributed by atoms with Crippen molar-refractivity contribution in [2.75, 3.05) is 6.61 Å². The van der Waals surface area contributed by atoms with E-state index in [0.717, 1.165) is 18.4 Å². The molecule has 0 atom stereocenters. The van der Waals surface area contributed by atoms with Gasteiger partial charge in [-0.3, -0.25) is 9.59 Å². The third-order valence-corrected chi connectivity index (χ3v) is 2.29. The number of allylic oxidation sites excluding steroid dienone is 3. The molecule has 1 aliphatic carbocycles. The molecular formula is C12H16O4. The SMILES string of the molecule is O=C(O)CCCC(=O)OCC1=CC=CCC1. The van der Waals surface area contributed by atoms with Crippen LogP contribution >= 0.6 is 0 Å². The summed E-state index contributed by atoms with van der Waals surface area (Å²) in [5, 5.41) is 8.39. The van der Waals surface area contributed by atoms with Gasteiger partial charge in [0.05, 0.1) is 0 Å². The van der Waals surface area contributed by atoms with Gasteiger partial charge in [0.25, 0.3) is 0 Å². The second-order valence-corrected chi connectivity index (χ2v) is 3.70. The van der Waals surface area contributed by atoms with Crippen LogP contribution < -0.4 is 0 Å². The molecule has 0 saturated carbocycles. The van der Waals surface area contributed by atoms with Crippen LogP contribution in [0.5, 0.6) is 0 Å². The lowest BCUT2D eigenvalue weighted by atomic mass is 10.1. The summed E-state index contributed by atoms with van der Waals surface area (Å²) >= 11 is 0. The zero-order valence-corrected chi connectivity index (χ0v) is 9.15. The number of carboxylic acids is 1. The van der Waals surface area contributed by atoms with E-state index in [9.17, 15) is 9.59 Å². The van der Waals surface area contributed by atoms with Gasteiger partial charge in [-0.05, 0) is 24.8 Å². The molecule has 0 aromatic rings. The Morgan fingerprint density at radius 3 is 2.81 bits per heavy atom. The average molecular weight is 224 g/mol. The van der Waals surface area contributed by atoms with Crippen molar-refractivity contribution in [2.24, 2.45) is 0 Å². The smallest absolute Gasteiger partial charge is 0.306 e. The molecule has 0 amide bonds. The number of aliphatic carboxylic acids is 1. The Hall–Kier alpha value is -1.58. The molecular weight excluding hydrogens is 208 g/mol. The highest BCUT2D eigenvalue weighted by molar-refractivity contribution is 5.71. The zero-order valence-electron chi connectivity index (χ0n) is 9.15. The molecule has 0 heterocycles. The predicted octanol–water partition coefficient (Wildman–Crippen LogP) is 2.06. The minimum absolute atomic E-state index is 0.0144. The summed E-state index contributed by atoms with van der Waals surface area (Å²) in [4.78, 5) is 21.4. The van der Waals surface area contributed by atoms with Gasteiger partial charge < -0.3 is 9.84 Å². The highest BCUT2D eigenvalue weighted by Gasteiger charge is 2.07. The Morgan fingerprint density at radius 1 is 1.38 bits per heavy atom. The number of carbonyl (C=O) groups is 2. The third-order valence-electron chi connectivity index (χ3n) is 2.29. The normalized spacial score (nSPS) is 14.4. The molecule has 4 heteroatoms. The van der Waals surface area contributed by atoms with Crippen molar-refractivity contribution in [2.45, 2.75) is 32.1 Å². The monoisotopic (exact) mass is 224 g/mol. The van der Waals surface area contributed by atoms with Gasteiger partial charge in [-0.25, -0.2) is 0 Å². The molecule has 0 aromatic carbocycles. The third kappa shape index (κ3) is 5.34. The van der Waals surface area contributed by atoms with Gasteiger partial charge in [-0.2, -0.15) is 0 Å². The van der Waals surface area contributed by atoms with Crippen LogP contribution in [0, 0.1) is 0 Å². The van der Waals surface area contributed by atoms with Crippen LogP contribution in [-0.2, 0) is 14.3 Å². The van der Waals surface area contributed by atoms with Crippen LogP contribution in [0.3, 0.4) is 0 Å². The lowest BCUT2D eigenvalue weighted by molar-refractivity contribution is -0.143. The Kier molecular flexibility index (Phi) is 5.32. The van der Waals surface area contributed by atoms with Crippen LogP contribution in [-0.4, -0.2) is 23.7 Å². The van der Waals surface area contributed by atoms with E-state index in [1.54, 1.807) is 0 Å². The summed E-state index contributed by atoms with van der Waals surface area (Å²) in [5.41, 5.74) is 1.11. The van der Waals surface area contributed by atoms with Crippen molar-refractivity contribution >= 4 is 11.9 Å². The largest absolute Gasteiger partial charge is 0.481 e. The van der Waals surface area contributed by atoms with E-state index in [1.165, 1.54) is 0 Å². The number of carboxylic acid groups (broad SMARTS) is 1. The van der Waals surface area contributed by atoms with E-state index in [0.29, 0.717) is 13.0 Å². The van der Waals surface area contributed by atoms with Crippen LogP contribution in [0.4, 0.5) is 0 Å². The van der Waals surface area contributed by atoms with E-state index in [2.05, 4.69) is 6.08 Å². The number of carbonyl (C=O) groups excluding carboxylic acids is 1. The van der Waals surface area contributed by atoms with Gasteiger partial charge >= 0.3 is 11.9 Å². The first kappa shape index (κ1) is 12.5. The lowest BCUT2D eigenvalue weighted by Crippen LogP contribution is -2.09. The molecule has 0 aliphatic heterocycles. The maximum Gasteiger partial charge on any atom is 0.306 e. The maximum absolute atomic E-state index is 11.2. The van der Waals surface area contributed by atoms with Crippen LogP contribution in [0.2, 0.25) is 0 Å². The molecule has 1 rings (SSSR count). The zero-order chi connectivity index (χ0) is 11.8. The van der Waals surface area contributed by atoms with Gasteiger partial charge in [0.2, 0.25) is 0 Å². The predicted molar refractivity (Wildman–Crippen MR) is 58.9 cm³/mol. The van der Waals surface area contributed by atoms with E-state index < -0.39 is 5.97 Å². The average Bonchev–Trinajstić information content (AvgIpc) is 2.27. The summed E-state index contributed by atoms with van der Waals surface area (Å²) in [6, 6.07) is 0. The van der Waals surface area contributed by atoms with Crippen molar-refractivity contribution in [3.8, 4) is 0 Å². The van der Waals surface area contributed by atoms with Crippen molar-refractivity contribution in [3.05, 3.63) is 23.8 Å². The molecule has 1 N–H and O–H groups in total. The highest BCUT2D eigenvalue weighted by atomic mass is 16.5. The summed E-state index contributed by atoms with van der Waals surface area (Å²) in [5.74, 6) is -1.20.